The number of hydrogen-bond donors (Lipinski definition) is 3. The van der Waals surface area contributed by atoms with Crippen LogP contribution in [0.1, 0.15) is 245 Å². The summed E-state index contributed by atoms with van der Waals surface area (Å²) in [4.78, 5) is 26.2. The van der Waals surface area contributed by atoms with E-state index in [2.05, 4.69) is 99.0 Å². The number of ether oxygens (including phenoxy) is 1. The van der Waals surface area contributed by atoms with E-state index in [0.717, 1.165) is 96.3 Å². The van der Waals surface area contributed by atoms with Gasteiger partial charge in [-0.3, -0.25) is 9.59 Å². The van der Waals surface area contributed by atoms with E-state index in [4.69, 9.17) is 4.74 Å². The van der Waals surface area contributed by atoms with E-state index in [9.17, 15) is 19.8 Å². The van der Waals surface area contributed by atoms with Gasteiger partial charge in [-0.1, -0.05) is 259 Å². The van der Waals surface area contributed by atoms with Crippen LogP contribution in [0, 0.1) is 0 Å². The van der Waals surface area contributed by atoms with E-state index >= 15 is 0 Å². The van der Waals surface area contributed by atoms with E-state index in [0.29, 0.717) is 19.3 Å². The summed E-state index contributed by atoms with van der Waals surface area (Å²) in [5, 5.41) is 23.8. The first kappa shape index (κ1) is 62.8. The molecular weight excluding hydrogens is 815 g/mol. The van der Waals surface area contributed by atoms with Crippen LogP contribution in [0.3, 0.4) is 0 Å². The number of unbranched alkanes of at least 4 members (excludes halogenated alkanes) is 26. The lowest BCUT2D eigenvalue weighted by atomic mass is 10.0. The molecule has 0 aliphatic heterocycles. The fourth-order valence-corrected chi connectivity index (χ4v) is 7.92. The molecule has 0 aromatic rings. The van der Waals surface area contributed by atoms with Gasteiger partial charge in [0, 0.05) is 6.42 Å². The number of amides is 1. The fraction of sp³-hybridized carbons (Fsp3) is 0.700. The van der Waals surface area contributed by atoms with Crippen molar-refractivity contribution in [1.29, 1.82) is 0 Å². The zero-order chi connectivity index (χ0) is 48.1. The summed E-state index contributed by atoms with van der Waals surface area (Å²) in [6.45, 7) is 6.30. The van der Waals surface area contributed by atoms with Gasteiger partial charge in [-0.2, -0.15) is 0 Å². The van der Waals surface area contributed by atoms with Crippen LogP contribution < -0.4 is 5.32 Å². The summed E-state index contributed by atoms with van der Waals surface area (Å²) in [5.74, 6) is -0.544. The highest BCUT2D eigenvalue weighted by Crippen LogP contribution is 2.17. The van der Waals surface area contributed by atoms with Gasteiger partial charge in [-0.15, -0.1) is 0 Å². The van der Waals surface area contributed by atoms with Crippen molar-refractivity contribution < 1.29 is 24.5 Å². The van der Waals surface area contributed by atoms with E-state index in [1.54, 1.807) is 0 Å². The van der Waals surface area contributed by atoms with Gasteiger partial charge < -0.3 is 20.3 Å². The molecule has 3 atom stereocenters. The van der Waals surface area contributed by atoms with Gasteiger partial charge in [-0.25, -0.2) is 0 Å². The van der Waals surface area contributed by atoms with Crippen molar-refractivity contribution in [3.63, 3.8) is 0 Å². The third-order valence-electron chi connectivity index (χ3n) is 12.1. The topological polar surface area (TPSA) is 95.9 Å². The lowest BCUT2D eigenvalue weighted by molar-refractivity contribution is -0.151. The maximum atomic E-state index is 13.2. The molecule has 0 saturated heterocycles. The number of carbonyl (C=O) groups excluding carboxylic acids is 2. The van der Waals surface area contributed by atoms with Gasteiger partial charge in [0.05, 0.1) is 25.2 Å². The molecule has 0 fully saturated rings. The summed E-state index contributed by atoms with van der Waals surface area (Å²) in [6, 6.07) is -0.726. The first-order chi connectivity index (χ1) is 32.5. The second-order valence-corrected chi connectivity index (χ2v) is 18.4. The Morgan fingerprint density at radius 2 is 0.818 bits per heavy atom. The van der Waals surface area contributed by atoms with Gasteiger partial charge in [-0.05, 0) is 70.6 Å². The summed E-state index contributed by atoms with van der Waals surface area (Å²) < 4.78 is 5.92. The summed E-state index contributed by atoms with van der Waals surface area (Å²) in [5.41, 5.74) is 0. The highest BCUT2D eigenvalue weighted by Gasteiger charge is 2.24. The minimum absolute atomic E-state index is 0.0365. The number of nitrogens with one attached hydrogen (secondary N) is 1. The molecule has 0 radical (unpaired) electrons. The molecule has 0 rings (SSSR count). The molecule has 378 valence electrons. The van der Waals surface area contributed by atoms with Gasteiger partial charge in [0.1, 0.15) is 6.10 Å². The lowest BCUT2D eigenvalue weighted by Gasteiger charge is -2.24. The number of carbonyl (C=O) groups is 2. The molecule has 0 heterocycles. The third kappa shape index (κ3) is 47.3. The number of aliphatic hydroxyl groups excluding tert-OH is 2. The normalized spacial score (nSPS) is 14.0. The van der Waals surface area contributed by atoms with Crippen LogP contribution in [0.2, 0.25) is 0 Å². The summed E-state index contributed by atoms with van der Waals surface area (Å²) in [7, 11) is 0. The zero-order valence-corrected chi connectivity index (χ0v) is 43.0. The number of rotatable bonds is 48. The highest BCUT2D eigenvalue weighted by atomic mass is 16.5. The predicted molar refractivity (Wildman–Crippen MR) is 287 cm³/mol. The van der Waals surface area contributed by atoms with Crippen molar-refractivity contribution in [2.45, 2.75) is 264 Å². The number of aliphatic hydroxyl groups is 2. The number of esters is 1. The number of allylic oxidation sites excluding steroid dienone is 16. The molecule has 0 bridgehead atoms. The van der Waals surface area contributed by atoms with Crippen molar-refractivity contribution in [2.24, 2.45) is 0 Å². The van der Waals surface area contributed by atoms with Crippen LogP contribution in [0.4, 0.5) is 0 Å². The average molecular weight is 918 g/mol. The molecule has 66 heavy (non-hydrogen) atoms. The first-order valence-corrected chi connectivity index (χ1v) is 27.6. The van der Waals surface area contributed by atoms with E-state index in [-0.39, 0.29) is 24.9 Å². The summed E-state index contributed by atoms with van der Waals surface area (Å²) >= 11 is 0. The van der Waals surface area contributed by atoms with Crippen molar-refractivity contribution in [1.82, 2.24) is 5.32 Å². The van der Waals surface area contributed by atoms with Crippen LogP contribution in [0.15, 0.2) is 97.2 Å². The molecule has 6 heteroatoms. The molecule has 6 nitrogen and oxygen atoms in total. The maximum absolute atomic E-state index is 13.2. The van der Waals surface area contributed by atoms with Crippen LogP contribution in [0.5, 0.6) is 0 Å². The molecule has 0 aliphatic rings. The van der Waals surface area contributed by atoms with Crippen LogP contribution in [-0.4, -0.2) is 46.9 Å². The third-order valence-corrected chi connectivity index (χ3v) is 12.1. The molecule has 3 N–H and O–H groups in total. The van der Waals surface area contributed by atoms with Gasteiger partial charge in [0.2, 0.25) is 5.91 Å². The molecule has 0 spiro atoms. The zero-order valence-electron chi connectivity index (χ0n) is 43.0. The molecule has 1 amide bonds. The first-order valence-electron chi connectivity index (χ1n) is 27.6. The SMILES string of the molecule is CC/C=C/C=C/C=C/C=C\CCCCCC(CC(=O)NC(CO)C(O)CCCCCCCCCCCCCCCCCC)OC(=O)CCCCCCC/C=C/C=C/C=C/C=C/CCCCC. The van der Waals surface area contributed by atoms with Gasteiger partial charge >= 0.3 is 5.97 Å². The minimum Gasteiger partial charge on any atom is -0.462 e. The Balaban J connectivity index is 4.64. The smallest absolute Gasteiger partial charge is 0.306 e. The average Bonchev–Trinajstić information content (AvgIpc) is 3.31. The van der Waals surface area contributed by atoms with Crippen molar-refractivity contribution in [2.75, 3.05) is 6.61 Å². The molecule has 0 aromatic carbocycles. The Bertz CT molecular complexity index is 1310. The van der Waals surface area contributed by atoms with Crippen LogP contribution in [-0.2, 0) is 14.3 Å². The standard InChI is InChI=1S/C60H103NO5/c1-4-7-10-13-16-19-22-25-27-29-30-32-35-38-41-44-47-50-53-60(65)66-56(51-48-45-42-39-36-33-24-21-18-15-12-9-6-3)54-59(64)61-57(55-62)58(63)52-49-46-43-40-37-34-31-28-26-23-20-17-14-11-8-5-2/h9,12,15-16,18-19,21-22,24-25,27,29-30,32-33,36,56-58,62-63H,4-8,10-11,13-14,17,20,23,26,28,31,34-35,37-55H2,1-3H3,(H,61,64)/b12-9+,18-15+,19-16+,24-21+,25-22+,29-27+,32-30+,36-33-. The quantitative estimate of drug-likeness (QED) is 0.0321. The van der Waals surface area contributed by atoms with Gasteiger partial charge in [0.15, 0.2) is 0 Å². The molecule has 0 saturated carbocycles. The van der Waals surface area contributed by atoms with Gasteiger partial charge in [0.25, 0.3) is 0 Å². The van der Waals surface area contributed by atoms with E-state index < -0.39 is 18.2 Å². The van der Waals surface area contributed by atoms with Crippen molar-refractivity contribution in [3.05, 3.63) is 97.2 Å². The van der Waals surface area contributed by atoms with Crippen LogP contribution in [0.25, 0.3) is 0 Å². The fourth-order valence-electron chi connectivity index (χ4n) is 7.92. The summed E-state index contributed by atoms with van der Waals surface area (Å²) in [6.07, 6.45) is 70.3. The Morgan fingerprint density at radius 1 is 0.455 bits per heavy atom. The van der Waals surface area contributed by atoms with Crippen molar-refractivity contribution >= 4 is 11.9 Å². The lowest BCUT2D eigenvalue weighted by Crippen LogP contribution is -2.46. The molecular formula is C60H103NO5. The minimum atomic E-state index is -0.809. The largest absolute Gasteiger partial charge is 0.462 e. The maximum Gasteiger partial charge on any atom is 0.306 e. The molecule has 0 aromatic heterocycles. The van der Waals surface area contributed by atoms with E-state index in [1.807, 2.05) is 24.3 Å². The second-order valence-electron chi connectivity index (χ2n) is 18.4. The Kier molecular flexibility index (Phi) is 50.2. The predicted octanol–water partition coefficient (Wildman–Crippen LogP) is 16.9. The molecule has 0 aliphatic carbocycles. The molecule has 3 unspecified atom stereocenters. The monoisotopic (exact) mass is 918 g/mol. The van der Waals surface area contributed by atoms with E-state index in [1.165, 1.54) is 103 Å². The van der Waals surface area contributed by atoms with Crippen molar-refractivity contribution in [3.8, 4) is 0 Å². The number of hydrogen-bond acceptors (Lipinski definition) is 5. The van der Waals surface area contributed by atoms with Crippen LogP contribution >= 0.6 is 0 Å². The highest BCUT2D eigenvalue weighted by molar-refractivity contribution is 5.77. The second kappa shape index (κ2) is 52.7. The Hall–Kier alpha value is -3.22. The Labute approximate surface area is 407 Å². The Morgan fingerprint density at radius 3 is 1.29 bits per heavy atom.